The molecule has 1 saturated heterocycles. The molecule has 2 atom stereocenters. The first-order valence-electron chi connectivity index (χ1n) is 13.7. The molecule has 10 nitrogen and oxygen atoms in total. The Labute approximate surface area is 239 Å². The van der Waals surface area contributed by atoms with Gasteiger partial charge in [-0.15, -0.1) is 0 Å². The van der Waals surface area contributed by atoms with Crippen molar-refractivity contribution in [3.63, 3.8) is 0 Å². The van der Waals surface area contributed by atoms with Crippen molar-refractivity contribution < 1.29 is 31.6 Å². The van der Waals surface area contributed by atoms with E-state index in [9.17, 15) is 22.4 Å². The number of anilines is 1. The first-order valence-corrected chi connectivity index (χ1v) is 13.7. The van der Waals surface area contributed by atoms with Crippen molar-refractivity contribution in [1.29, 1.82) is 0 Å². The summed E-state index contributed by atoms with van der Waals surface area (Å²) in [4.78, 5) is 18.8. The molecule has 0 bridgehead atoms. The van der Waals surface area contributed by atoms with E-state index < -0.39 is 24.9 Å². The normalized spacial score (nSPS) is 18.0. The summed E-state index contributed by atoms with van der Waals surface area (Å²) in [6.45, 7) is 3.45. The van der Waals surface area contributed by atoms with E-state index in [1.54, 1.807) is 49.8 Å². The number of methoxy groups -OCH3 is 1. The Morgan fingerprint density at radius 1 is 1.26 bits per heavy atom. The molecule has 1 amide bonds. The van der Waals surface area contributed by atoms with Gasteiger partial charge in [-0.1, -0.05) is 18.1 Å². The summed E-state index contributed by atoms with van der Waals surface area (Å²) in [5, 5.41) is 10.3. The molecule has 1 aliphatic rings. The van der Waals surface area contributed by atoms with Gasteiger partial charge in [-0.05, 0) is 37.2 Å². The lowest BCUT2D eigenvalue weighted by Gasteiger charge is -2.35. The fraction of sp³-hybridized carbons (Fsp3) is 0.464. The van der Waals surface area contributed by atoms with Crippen LogP contribution in [0.3, 0.4) is 0 Å². The second-order valence-electron chi connectivity index (χ2n) is 10.2. The molecule has 0 radical (unpaired) electrons. The Balaban J connectivity index is 1.37. The van der Waals surface area contributed by atoms with Gasteiger partial charge in [0, 0.05) is 50.2 Å². The number of hydrogen-bond acceptors (Lipinski definition) is 7. The molecule has 1 fully saturated rings. The molecule has 2 N–H and O–H groups in total. The van der Waals surface area contributed by atoms with E-state index in [1.165, 1.54) is 0 Å². The Bertz CT molecular complexity index is 1510. The molecule has 0 aliphatic carbocycles. The van der Waals surface area contributed by atoms with Gasteiger partial charge < -0.3 is 33.9 Å². The van der Waals surface area contributed by atoms with E-state index in [4.69, 9.17) is 9.26 Å². The van der Waals surface area contributed by atoms with Crippen LogP contribution in [-0.4, -0.2) is 81.8 Å². The topological polar surface area (TPSA) is 102 Å². The number of nitrogens with one attached hydrogen (secondary N) is 2. The fourth-order valence-corrected chi connectivity index (χ4v) is 5.16. The maximum Gasteiger partial charge on any atom is 0.406 e. The predicted molar refractivity (Wildman–Crippen MR) is 148 cm³/mol. The number of hydrogen-bond donors (Lipinski definition) is 2. The van der Waals surface area contributed by atoms with Crippen LogP contribution in [-0.2, 0) is 24.4 Å². The fourth-order valence-electron chi connectivity index (χ4n) is 5.16. The summed E-state index contributed by atoms with van der Waals surface area (Å²) in [5.41, 5.74) is 1.34. The van der Waals surface area contributed by atoms with Gasteiger partial charge in [-0.25, -0.2) is 4.39 Å². The van der Waals surface area contributed by atoms with Crippen LogP contribution in [0.5, 0.6) is 0 Å². The number of likely N-dealkylation sites (tertiary alicyclic amines) is 1. The lowest BCUT2D eigenvalue weighted by atomic mass is 10.0. The Morgan fingerprint density at radius 3 is 2.83 bits per heavy atom. The summed E-state index contributed by atoms with van der Waals surface area (Å²) in [7, 11) is 1.59. The van der Waals surface area contributed by atoms with Gasteiger partial charge in [0.2, 0.25) is 11.7 Å². The molecule has 1 aliphatic heterocycles. The van der Waals surface area contributed by atoms with Crippen LogP contribution in [0.15, 0.2) is 47.2 Å². The van der Waals surface area contributed by atoms with Crippen molar-refractivity contribution >= 4 is 22.5 Å². The second kappa shape index (κ2) is 12.5. The summed E-state index contributed by atoms with van der Waals surface area (Å²) in [6.07, 6.45) is -1.65. The number of amides is 1. The highest BCUT2D eigenvalue weighted by Gasteiger charge is 2.32. The SMILES string of the molecule is CCN1CC[C@H](Nc2cccc3c2cc(-c2noc(CNC(=O)c4ccn(CCOC)c4)n2)n3CC(F)(F)F)[C@H](F)C1. The lowest BCUT2D eigenvalue weighted by molar-refractivity contribution is -0.139. The monoisotopic (exact) mass is 591 g/mol. The third-order valence-corrected chi connectivity index (χ3v) is 7.36. The molecule has 4 heterocycles. The molecular formula is C28H33F4N7O3. The van der Waals surface area contributed by atoms with E-state index in [0.717, 1.165) is 17.7 Å². The highest BCUT2D eigenvalue weighted by Crippen LogP contribution is 2.35. The molecule has 0 spiro atoms. The highest BCUT2D eigenvalue weighted by atomic mass is 19.4. The van der Waals surface area contributed by atoms with Crippen LogP contribution in [0.25, 0.3) is 22.4 Å². The zero-order valence-corrected chi connectivity index (χ0v) is 23.3. The number of piperidine rings is 1. The van der Waals surface area contributed by atoms with Crippen molar-refractivity contribution in [3.05, 3.63) is 54.2 Å². The first kappa shape index (κ1) is 29.6. The van der Waals surface area contributed by atoms with Gasteiger partial charge in [0.1, 0.15) is 12.7 Å². The van der Waals surface area contributed by atoms with Crippen LogP contribution >= 0.6 is 0 Å². The van der Waals surface area contributed by atoms with Crippen molar-refractivity contribution in [2.24, 2.45) is 0 Å². The standard InChI is InChI=1S/C28H33F4N7O3/c1-3-37-10-8-22(20(29)16-37)34-21-5-4-6-23-19(21)13-24(39(23)17-28(30,31)32)26-35-25(42-36-26)14-33-27(40)18-7-9-38(15-18)11-12-41-2/h4-7,9,13,15,20,22,34H,3,8,10-12,14,16-17H2,1-2H3,(H,33,40)/t20-,22+/m1/s1. The van der Waals surface area contributed by atoms with Crippen molar-refractivity contribution in [3.8, 4) is 11.5 Å². The highest BCUT2D eigenvalue weighted by molar-refractivity contribution is 5.96. The van der Waals surface area contributed by atoms with Gasteiger partial charge in [-0.2, -0.15) is 18.2 Å². The maximum atomic E-state index is 14.9. The van der Waals surface area contributed by atoms with Crippen LogP contribution in [0.4, 0.5) is 23.2 Å². The van der Waals surface area contributed by atoms with Gasteiger partial charge in [0.05, 0.1) is 36.0 Å². The minimum absolute atomic E-state index is 0.0299. The lowest BCUT2D eigenvalue weighted by Crippen LogP contribution is -2.47. The number of alkyl halides is 4. The van der Waals surface area contributed by atoms with E-state index in [2.05, 4.69) is 20.8 Å². The average Bonchev–Trinajstić information content (AvgIpc) is 3.70. The number of fused-ring (bicyclic) bond motifs is 1. The Kier molecular flexibility index (Phi) is 8.82. The van der Waals surface area contributed by atoms with Crippen LogP contribution in [0.2, 0.25) is 0 Å². The second-order valence-corrected chi connectivity index (χ2v) is 10.2. The summed E-state index contributed by atoms with van der Waals surface area (Å²) in [5.74, 6) is -0.401. The molecule has 4 aromatic rings. The van der Waals surface area contributed by atoms with Crippen LogP contribution < -0.4 is 10.6 Å². The van der Waals surface area contributed by atoms with E-state index in [-0.39, 0.29) is 29.9 Å². The summed E-state index contributed by atoms with van der Waals surface area (Å²) < 4.78 is 69.1. The van der Waals surface area contributed by atoms with E-state index in [1.807, 2.05) is 16.4 Å². The smallest absolute Gasteiger partial charge is 0.383 e. The summed E-state index contributed by atoms with van der Waals surface area (Å²) in [6, 6.07) is 7.67. The Morgan fingerprint density at radius 2 is 2.10 bits per heavy atom. The minimum atomic E-state index is -4.53. The number of benzene rings is 1. The molecule has 14 heteroatoms. The first-order chi connectivity index (χ1) is 20.1. The van der Waals surface area contributed by atoms with Crippen molar-refractivity contribution in [1.82, 2.24) is 29.5 Å². The van der Waals surface area contributed by atoms with Gasteiger partial charge in [0.25, 0.3) is 5.91 Å². The van der Waals surface area contributed by atoms with Gasteiger partial charge in [-0.3, -0.25) is 4.79 Å². The van der Waals surface area contributed by atoms with Gasteiger partial charge in [0.15, 0.2) is 0 Å². The largest absolute Gasteiger partial charge is 0.406 e. The number of nitrogens with zero attached hydrogens (tertiary/aromatic N) is 5. The number of halogens is 4. The third kappa shape index (κ3) is 6.76. The quantitative estimate of drug-likeness (QED) is 0.248. The molecule has 1 aromatic carbocycles. The molecule has 226 valence electrons. The molecular weight excluding hydrogens is 558 g/mol. The Hall–Kier alpha value is -3.91. The predicted octanol–water partition coefficient (Wildman–Crippen LogP) is 4.48. The number of rotatable bonds is 11. The van der Waals surface area contributed by atoms with Gasteiger partial charge >= 0.3 is 6.18 Å². The van der Waals surface area contributed by atoms with Crippen LogP contribution in [0.1, 0.15) is 29.6 Å². The average molecular weight is 592 g/mol. The van der Waals surface area contributed by atoms with Crippen LogP contribution in [0, 0.1) is 0 Å². The minimum Gasteiger partial charge on any atom is -0.383 e. The molecule has 3 aromatic heterocycles. The molecule has 42 heavy (non-hydrogen) atoms. The molecule has 5 rings (SSSR count). The van der Waals surface area contributed by atoms with E-state index >= 15 is 0 Å². The molecule has 0 saturated carbocycles. The summed E-state index contributed by atoms with van der Waals surface area (Å²) >= 11 is 0. The van der Waals surface area contributed by atoms with E-state index in [0.29, 0.717) is 48.3 Å². The van der Waals surface area contributed by atoms with Crippen molar-refractivity contribution in [2.75, 3.05) is 38.7 Å². The zero-order valence-electron chi connectivity index (χ0n) is 23.3. The third-order valence-electron chi connectivity index (χ3n) is 7.36. The molecule has 0 unspecified atom stereocenters. The number of ether oxygens (including phenoxy) is 1. The number of aromatic nitrogens is 4. The zero-order chi connectivity index (χ0) is 29.9. The maximum absolute atomic E-state index is 14.9. The number of carbonyl (C=O) groups excluding carboxylic acids is 1. The van der Waals surface area contributed by atoms with Crippen molar-refractivity contribution in [2.45, 2.75) is 51.4 Å². The number of carbonyl (C=O) groups is 1.